The molecule has 0 heterocycles. The number of carbonyl (C=O) groups excluding carboxylic acids is 2. The molecule has 5 nitrogen and oxygen atoms in total. The second-order valence-electron chi connectivity index (χ2n) is 5.00. The van der Waals surface area contributed by atoms with Gasteiger partial charge in [-0.05, 0) is 18.4 Å². The molecule has 0 aromatic heterocycles. The minimum atomic E-state index is -0.725. The lowest BCUT2D eigenvalue weighted by atomic mass is 10.1. The normalized spacial score (nSPS) is 11.8. The molecule has 1 aromatic rings. The lowest BCUT2D eigenvalue weighted by Crippen LogP contribution is -2.45. The quantitative estimate of drug-likeness (QED) is 0.761. The Kier molecular flexibility index (Phi) is 7.46. The Morgan fingerprint density at radius 3 is 2.43 bits per heavy atom. The van der Waals surface area contributed by atoms with Gasteiger partial charge in [0.05, 0.1) is 6.54 Å². The van der Waals surface area contributed by atoms with Crippen LogP contribution in [-0.2, 0) is 9.59 Å². The third-order valence-corrected chi connectivity index (χ3v) is 3.14. The van der Waals surface area contributed by atoms with Crippen LogP contribution in [0.2, 0.25) is 0 Å². The first-order valence-electron chi connectivity index (χ1n) is 7.46. The predicted octanol–water partition coefficient (Wildman–Crippen LogP) is 1.45. The van der Waals surface area contributed by atoms with E-state index in [0.29, 0.717) is 13.1 Å². The van der Waals surface area contributed by atoms with Gasteiger partial charge >= 0.3 is 0 Å². The van der Waals surface area contributed by atoms with Gasteiger partial charge in [0.25, 0.3) is 0 Å². The fraction of sp³-hybridized carbons (Fsp3) is 0.500. The molecule has 0 bridgehead atoms. The average molecular weight is 291 g/mol. The van der Waals surface area contributed by atoms with Crippen LogP contribution in [0.1, 0.15) is 38.3 Å². The first kappa shape index (κ1) is 17.2. The molecule has 116 valence electrons. The number of hydrogen-bond donors (Lipinski definition) is 2. The molecule has 0 radical (unpaired) electrons. The molecule has 2 amide bonds. The summed E-state index contributed by atoms with van der Waals surface area (Å²) in [5, 5.41) is 2.78. The number of nitrogens with two attached hydrogens (primary N) is 1. The topological polar surface area (TPSA) is 75.4 Å². The van der Waals surface area contributed by atoms with Crippen molar-refractivity contribution < 1.29 is 9.59 Å². The lowest BCUT2D eigenvalue weighted by Gasteiger charge is -2.25. The summed E-state index contributed by atoms with van der Waals surface area (Å²) < 4.78 is 0. The molecule has 0 aliphatic rings. The Hall–Kier alpha value is -1.88. The van der Waals surface area contributed by atoms with Gasteiger partial charge in [-0.3, -0.25) is 9.59 Å². The second kappa shape index (κ2) is 9.13. The van der Waals surface area contributed by atoms with Crippen molar-refractivity contribution in [3.63, 3.8) is 0 Å². The van der Waals surface area contributed by atoms with Crippen LogP contribution < -0.4 is 11.1 Å². The van der Waals surface area contributed by atoms with Gasteiger partial charge in [0.2, 0.25) is 11.8 Å². The molecule has 0 aliphatic carbocycles. The maximum Gasteiger partial charge on any atom is 0.244 e. The van der Waals surface area contributed by atoms with Crippen LogP contribution in [0.25, 0.3) is 0 Å². The molecule has 5 heteroatoms. The molecule has 0 aliphatic heterocycles. The zero-order valence-corrected chi connectivity index (χ0v) is 12.8. The van der Waals surface area contributed by atoms with E-state index in [0.717, 1.165) is 18.4 Å². The number of nitrogens with one attached hydrogen (secondary N) is 1. The van der Waals surface area contributed by atoms with E-state index in [9.17, 15) is 9.59 Å². The van der Waals surface area contributed by atoms with Crippen molar-refractivity contribution in [1.29, 1.82) is 0 Å². The third kappa shape index (κ3) is 5.55. The van der Waals surface area contributed by atoms with Gasteiger partial charge in [-0.25, -0.2) is 0 Å². The van der Waals surface area contributed by atoms with Crippen molar-refractivity contribution >= 4 is 11.8 Å². The predicted molar refractivity (Wildman–Crippen MR) is 83.5 cm³/mol. The van der Waals surface area contributed by atoms with Crippen molar-refractivity contribution in [2.75, 3.05) is 19.6 Å². The van der Waals surface area contributed by atoms with Gasteiger partial charge in [-0.1, -0.05) is 44.2 Å². The van der Waals surface area contributed by atoms with Gasteiger partial charge in [-0.15, -0.1) is 0 Å². The lowest BCUT2D eigenvalue weighted by molar-refractivity contribution is -0.137. The number of benzene rings is 1. The zero-order chi connectivity index (χ0) is 15.7. The average Bonchev–Trinajstić information content (AvgIpc) is 2.52. The van der Waals surface area contributed by atoms with Crippen LogP contribution in [0.5, 0.6) is 0 Å². The fourth-order valence-electron chi connectivity index (χ4n) is 2.03. The summed E-state index contributed by atoms with van der Waals surface area (Å²) in [6.07, 6.45) is 1.66. The largest absolute Gasteiger partial charge is 0.355 e. The Balaban J connectivity index is 2.70. The Labute approximate surface area is 126 Å². The molecular weight excluding hydrogens is 266 g/mol. The van der Waals surface area contributed by atoms with Gasteiger partial charge in [0.15, 0.2) is 0 Å². The van der Waals surface area contributed by atoms with Gasteiger partial charge in [0, 0.05) is 13.1 Å². The van der Waals surface area contributed by atoms with Gasteiger partial charge in [-0.2, -0.15) is 0 Å². The molecule has 3 N–H and O–H groups in total. The molecule has 1 rings (SSSR count). The van der Waals surface area contributed by atoms with Crippen molar-refractivity contribution in [2.45, 2.75) is 32.7 Å². The van der Waals surface area contributed by atoms with Gasteiger partial charge in [0.1, 0.15) is 6.04 Å². The number of hydrogen-bond acceptors (Lipinski definition) is 3. The number of rotatable bonds is 8. The highest BCUT2D eigenvalue weighted by molar-refractivity contribution is 5.88. The molecule has 1 atom stereocenters. The van der Waals surface area contributed by atoms with Crippen LogP contribution in [0.4, 0.5) is 0 Å². The van der Waals surface area contributed by atoms with E-state index in [1.807, 2.05) is 44.2 Å². The molecule has 0 saturated heterocycles. The Morgan fingerprint density at radius 2 is 1.86 bits per heavy atom. The summed E-state index contributed by atoms with van der Waals surface area (Å²) in [5.74, 6) is -0.353. The van der Waals surface area contributed by atoms with E-state index >= 15 is 0 Å². The molecule has 1 unspecified atom stereocenters. The van der Waals surface area contributed by atoms with E-state index in [4.69, 9.17) is 5.73 Å². The highest BCUT2D eigenvalue weighted by Gasteiger charge is 2.23. The van der Waals surface area contributed by atoms with Crippen LogP contribution >= 0.6 is 0 Å². The molecule has 0 fully saturated rings. The summed E-state index contributed by atoms with van der Waals surface area (Å²) in [7, 11) is 0. The van der Waals surface area contributed by atoms with E-state index in [-0.39, 0.29) is 18.4 Å². The minimum absolute atomic E-state index is 0.0627. The van der Waals surface area contributed by atoms with Crippen LogP contribution in [0.3, 0.4) is 0 Å². The number of carbonyl (C=O) groups is 2. The summed E-state index contributed by atoms with van der Waals surface area (Å²) in [6, 6.07) is 8.49. The highest BCUT2D eigenvalue weighted by atomic mass is 16.2. The van der Waals surface area contributed by atoms with Crippen LogP contribution in [-0.4, -0.2) is 36.3 Å². The molecule has 1 aromatic carbocycles. The highest BCUT2D eigenvalue weighted by Crippen LogP contribution is 2.13. The SMILES string of the molecule is CCCNC(=O)CN(CCC)C(=O)C(N)c1ccccc1. The first-order chi connectivity index (χ1) is 10.1. The van der Waals surface area contributed by atoms with Crippen molar-refractivity contribution in [3.05, 3.63) is 35.9 Å². The van der Waals surface area contributed by atoms with Crippen LogP contribution in [0, 0.1) is 0 Å². The molecule has 0 saturated carbocycles. The van der Waals surface area contributed by atoms with Crippen molar-refractivity contribution in [1.82, 2.24) is 10.2 Å². The summed E-state index contributed by atoms with van der Waals surface area (Å²) in [6.45, 7) is 5.17. The smallest absolute Gasteiger partial charge is 0.244 e. The van der Waals surface area contributed by atoms with E-state index in [2.05, 4.69) is 5.32 Å². The van der Waals surface area contributed by atoms with Crippen LogP contribution in [0.15, 0.2) is 30.3 Å². The third-order valence-electron chi connectivity index (χ3n) is 3.14. The molecule has 0 spiro atoms. The number of nitrogens with zero attached hydrogens (tertiary/aromatic N) is 1. The van der Waals surface area contributed by atoms with Crippen molar-refractivity contribution in [3.8, 4) is 0 Å². The summed E-state index contributed by atoms with van der Waals surface area (Å²) in [5.41, 5.74) is 6.78. The van der Waals surface area contributed by atoms with Crippen molar-refractivity contribution in [2.24, 2.45) is 5.73 Å². The summed E-state index contributed by atoms with van der Waals surface area (Å²) in [4.78, 5) is 25.8. The number of amides is 2. The first-order valence-corrected chi connectivity index (χ1v) is 7.46. The Morgan fingerprint density at radius 1 is 1.19 bits per heavy atom. The molecular formula is C16H25N3O2. The van der Waals surface area contributed by atoms with E-state index in [1.54, 1.807) is 0 Å². The molecule has 21 heavy (non-hydrogen) atoms. The monoisotopic (exact) mass is 291 g/mol. The summed E-state index contributed by atoms with van der Waals surface area (Å²) >= 11 is 0. The van der Waals surface area contributed by atoms with E-state index in [1.165, 1.54) is 4.90 Å². The Bertz CT molecular complexity index is 448. The minimum Gasteiger partial charge on any atom is -0.355 e. The maximum atomic E-state index is 12.5. The van der Waals surface area contributed by atoms with E-state index < -0.39 is 6.04 Å². The maximum absolute atomic E-state index is 12.5. The van der Waals surface area contributed by atoms with Gasteiger partial charge < -0.3 is 16.0 Å². The standard InChI is InChI=1S/C16H25N3O2/c1-3-10-18-14(20)12-19(11-4-2)16(21)15(17)13-8-6-5-7-9-13/h5-9,15H,3-4,10-12,17H2,1-2H3,(H,18,20). The zero-order valence-electron chi connectivity index (χ0n) is 12.8. The fourth-order valence-corrected chi connectivity index (χ4v) is 2.03. The second-order valence-corrected chi connectivity index (χ2v) is 5.00.